The third kappa shape index (κ3) is 3.88. The third-order valence-corrected chi connectivity index (χ3v) is 5.76. The number of ether oxygens (including phenoxy) is 1. The molecule has 0 bridgehead atoms. The predicted molar refractivity (Wildman–Crippen MR) is 95.5 cm³/mol. The van der Waals surface area contributed by atoms with E-state index in [1.54, 1.807) is 0 Å². The first-order chi connectivity index (χ1) is 11.0. The zero-order valence-corrected chi connectivity index (χ0v) is 15.8. The van der Waals surface area contributed by atoms with Crippen LogP contribution in [0.25, 0.3) is 0 Å². The van der Waals surface area contributed by atoms with E-state index < -0.39 is 0 Å². The molecule has 2 aliphatic rings. The molecule has 1 saturated carbocycles. The SMILES string of the molecule is CCCOC1(CCC)CCC2=CC(=O)C(CCC)CC21C.CO. The lowest BCUT2D eigenvalue weighted by Gasteiger charge is -2.47. The first kappa shape index (κ1) is 20.4. The summed E-state index contributed by atoms with van der Waals surface area (Å²) >= 11 is 0. The van der Waals surface area contributed by atoms with Crippen LogP contribution in [0.15, 0.2) is 11.6 Å². The van der Waals surface area contributed by atoms with E-state index in [2.05, 4.69) is 27.7 Å². The Morgan fingerprint density at radius 2 is 1.91 bits per heavy atom. The summed E-state index contributed by atoms with van der Waals surface area (Å²) in [4.78, 5) is 12.3. The Morgan fingerprint density at radius 3 is 2.48 bits per heavy atom. The fourth-order valence-corrected chi connectivity index (χ4v) is 4.61. The molecule has 1 N–H and O–H groups in total. The Hall–Kier alpha value is -0.670. The van der Waals surface area contributed by atoms with Crippen molar-refractivity contribution < 1.29 is 14.6 Å². The highest BCUT2D eigenvalue weighted by Crippen LogP contribution is 2.59. The van der Waals surface area contributed by atoms with Crippen LogP contribution in [0.5, 0.6) is 0 Å². The molecular weight excluding hydrogens is 288 g/mol. The molecule has 134 valence electrons. The highest BCUT2D eigenvalue weighted by atomic mass is 16.5. The molecule has 0 spiro atoms. The maximum Gasteiger partial charge on any atom is 0.158 e. The van der Waals surface area contributed by atoms with Crippen molar-refractivity contribution in [3.05, 3.63) is 11.6 Å². The number of hydrogen-bond donors (Lipinski definition) is 1. The van der Waals surface area contributed by atoms with Gasteiger partial charge in [0.2, 0.25) is 0 Å². The Balaban J connectivity index is 0.00000127. The van der Waals surface area contributed by atoms with E-state index in [-0.39, 0.29) is 16.9 Å². The van der Waals surface area contributed by atoms with Gasteiger partial charge in [-0.15, -0.1) is 0 Å². The topological polar surface area (TPSA) is 46.5 Å². The van der Waals surface area contributed by atoms with Crippen LogP contribution in [-0.4, -0.2) is 30.2 Å². The second-order valence-electron chi connectivity index (χ2n) is 7.19. The van der Waals surface area contributed by atoms with Gasteiger partial charge in [-0.25, -0.2) is 0 Å². The molecule has 3 unspecified atom stereocenters. The number of aliphatic hydroxyl groups excluding tert-OH is 1. The Kier molecular flexibility index (Phi) is 7.96. The van der Waals surface area contributed by atoms with E-state index in [4.69, 9.17) is 9.84 Å². The largest absolute Gasteiger partial charge is 0.400 e. The number of carbonyl (C=O) groups excluding carboxylic acids is 1. The predicted octanol–water partition coefficient (Wildman–Crippen LogP) is 4.68. The molecular formula is C20H36O3. The highest BCUT2D eigenvalue weighted by Gasteiger charge is 2.57. The van der Waals surface area contributed by atoms with Crippen LogP contribution in [-0.2, 0) is 9.53 Å². The summed E-state index contributed by atoms with van der Waals surface area (Å²) in [5, 5.41) is 7.00. The molecule has 0 saturated heterocycles. The average Bonchev–Trinajstić information content (AvgIpc) is 2.81. The lowest BCUT2D eigenvalue weighted by molar-refractivity contribution is -0.131. The summed E-state index contributed by atoms with van der Waals surface area (Å²) in [5.74, 6) is 0.579. The van der Waals surface area contributed by atoms with Crippen LogP contribution in [0.4, 0.5) is 0 Å². The summed E-state index contributed by atoms with van der Waals surface area (Å²) < 4.78 is 6.46. The zero-order chi connectivity index (χ0) is 17.5. The van der Waals surface area contributed by atoms with Crippen LogP contribution in [0.1, 0.15) is 79.1 Å². The van der Waals surface area contributed by atoms with Crippen molar-refractivity contribution in [2.75, 3.05) is 13.7 Å². The summed E-state index contributed by atoms with van der Waals surface area (Å²) in [6.45, 7) is 9.81. The van der Waals surface area contributed by atoms with Crippen LogP contribution in [0.2, 0.25) is 0 Å². The minimum atomic E-state index is -0.0315. The van der Waals surface area contributed by atoms with Crippen LogP contribution in [0, 0.1) is 11.3 Å². The summed E-state index contributed by atoms with van der Waals surface area (Å²) in [7, 11) is 1.00. The first-order valence-corrected chi connectivity index (χ1v) is 9.36. The second-order valence-corrected chi connectivity index (χ2v) is 7.19. The number of aliphatic hydroxyl groups is 1. The first-order valence-electron chi connectivity index (χ1n) is 9.36. The molecule has 0 radical (unpaired) electrons. The number of allylic oxidation sites excluding steroid dienone is 1. The van der Waals surface area contributed by atoms with E-state index in [1.165, 1.54) is 5.57 Å². The molecule has 3 nitrogen and oxygen atoms in total. The molecule has 3 atom stereocenters. The van der Waals surface area contributed by atoms with Gasteiger partial charge in [0.15, 0.2) is 5.78 Å². The van der Waals surface area contributed by atoms with Gasteiger partial charge in [-0.1, -0.05) is 46.1 Å². The van der Waals surface area contributed by atoms with Gasteiger partial charge in [0.1, 0.15) is 0 Å². The molecule has 2 aliphatic carbocycles. The highest BCUT2D eigenvalue weighted by molar-refractivity contribution is 5.94. The standard InChI is InChI=1S/C19H32O2.CH4O/c1-5-8-15-14-18(4)16(13-17(15)20)9-11-19(18,10-6-2)21-12-7-3;1-2/h13,15H,5-12,14H2,1-4H3;2H,1H3. The Labute approximate surface area is 142 Å². The molecule has 0 aromatic heterocycles. The average molecular weight is 325 g/mol. The molecule has 1 fully saturated rings. The van der Waals surface area contributed by atoms with Crippen molar-refractivity contribution in [2.24, 2.45) is 11.3 Å². The van der Waals surface area contributed by atoms with Gasteiger partial charge >= 0.3 is 0 Å². The molecule has 0 aromatic carbocycles. The smallest absolute Gasteiger partial charge is 0.158 e. The fourth-order valence-electron chi connectivity index (χ4n) is 4.61. The van der Waals surface area contributed by atoms with Crippen molar-refractivity contribution >= 4 is 5.78 Å². The van der Waals surface area contributed by atoms with Gasteiger partial charge < -0.3 is 9.84 Å². The molecule has 2 rings (SSSR count). The summed E-state index contributed by atoms with van der Waals surface area (Å²) in [6, 6.07) is 0. The molecule has 0 amide bonds. The van der Waals surface area contributed by atoms with E-state index >= 15 is 0 Å². The maximum atomic E-state index is 12.3. The number of carbonyl (C=O) groups is 1. The van der Waals surface area contributed by atoms with Gasteiger partial charge in [-0.2, -0.15) is 0 Å². The maximum absolute atomic E-state index is 12.3. The molecule has 0 aliphatic heterocycles. The third-order valence-electron chi connectivity index (χ3n) is 5.76. The molecule has 3 heteroatoms. The van der Waals surface area contributed by atoms with Gasteiger partial charge in [0, 0.05) is 25.0 Å². The van der Waals surface area contributed by atoms with Crippen molar-refractivity contribution in [1.82, 2.24) is 0 Å². The van der Waals surface area contributed by atoms with Crippen molar-refractivity contribution in [3.63, 3.8) is 0 Å². The van der Waals surface area contributed by atoms with Gasteiger partial charge in [0.25, 0.3) is 0 Å². The van der Waals surface area contributed by atoms with E-state index in [0.717, 1.165) is 65.1 Å². The molecule has 0 aromatic rings. The van der Waals surface area contributed by atoms with E-state index in [9.17, 15) is 4.79 Å². The van der Waals surface area contributed by atoms with E-state index in [1.807, 2.05) is 6.08 Å². The number of rotatable bonds is 7. The van der Waals surface area contributed by atoms with Crippen molar-refractivity contribution in [3.8, 4) is 0 Å². The summed E-state index contributed by atoms with van der Waals surface area (Å²) in [6.07, 6.45) is 10.6. The fraction of sp³-hybridized carbons (Fsp3) is 0.850. The van der Waals surface area contributed by atoms with Crippen LogP contribution < -0.4 is 0 Å². The molecule has 0 heterocycles. The monoisotopic (exact) mass is 324 g/mol. The number of hydrogen-bond acceptors (Lipinski definition) is 3. The van der Waals surface area contributed by atoms with Gasteiger partial charge in [0.05, 0.1) is 5.60 Å². The van der Waals surface area contributed by atoms with Gasteiger partial charge in [-0.3, -0.25) is 4.79 Å². The van der Waals surface area contributed by atoms with Crippen molar-refractivity contribution in [1.29, 1.82) is 0 Å². The minimum Gasteiger partial charge on any atom is -0.400 e. The summed E-state index contributed by atoms with van der Waals surface area (Å²) in [5.41, 5.74) is 1.41. The quantitative estimate of drug-likeness (QED) is 0.740. The Bertz CT molecular complexity index is 415. The van der Waals surface area contributed by atoms with Gasteiger partial charge in [-0.05, 0) is 44.6 Å². The van der Waals surface area contributed by atoms with Crippen LogP contribution in [0.3, 0.4) is 0 Å². The lowest BCUT2D eigenvalue weighted by atomic mass is 9.62. The zero-order valence-electron chi connectivity index (χ0n) is 15.8. The van der Waals surface area contributed by atoms with Crippen LogP contribution >= 0.6 is 0 Å². The Morgan fingerprint density at radius 1 is 1.22 bits per heavy atom. The normalized spacial score (nSPS) is 32.9. The number of ketones is 1. The van der Waals surface area contributed by atoms with E-state index in [0.29, 0.717) is 5.78 Å². The lowest BCUT2D eigenvalue weighted by Crippen LogP contribution is -2.48. The molecule has 23 heavy (non-hydrogen) atoms. The second kappa shape index (κ2) is 8.98. The minimum absolute atomic E-state index is 0.0315. The van der Waals surface area contributed by atoms with Crippen molar-refractivity contribution in [2.45, 2.75) is 84.7 Å². The number of fused-ring (bicyclic) bond motifs is 1.